The van der Waals surface area contributed by atoms with Crippen molar-refractivity contribution < 1.29 is 23.9 Å². The number of pyridine rings is 1. The van der Waals surface area contributed by atoms with Crippen LogP contribution in [0.5, 0.6) is 5.75 Å². The SMILES string of the molecule is COc1c(Nc2cc(NC(=O)C3CC3)ncc2C(C)=O)cccc1C(=O)NC[C@H]1CCOC1. The highest BCUT2D eigenvalue weighted by Gasteiger charge is 2.30. The van der Waals surface area contributed by atoms with Crippen molar-refractivity contribution in [2.24, 2.45) is 11.8 Å². The Labute approximate surface area is 192 Å². The number of methoxy groups -OCH3 is 1. The highest BCUT2D eigenvalue weighted by Crippen LogP contribution is 2.34. The van der Waals surface area contributed by atoms with E-state index in [4.69, 9.17) is 9.47 Å². The average Bonchev–Trinajstić information content (AvgIpc) is 3.53. The van der Waals surface area contributed by atoms with E-state index >= 15 is 0 Å². The summed E-state index contributed by atoms with van der Waals surface area (Å²) < 4.78 is 10.9. The lowest BCUT2D eigenvalue weighted by Gasteiger charge is -2.17. The summed E-state index contributed by atoms with van der Waals surface area (Å²) in [6.07, 6.45) is 4.11. The Morgan fingerprint density at radius 2 is 1.97 bits per heavy atom. The van der Waals surface area contributed by atoms with Gasteiger partial charge >= 0.3 is 0 Å². The normalized spacial score (nSPS) is 17.3. The number of rotatable bonds is 9. The highest BCUT2D eigenvalue weighted by molar-refractivity contribution is 6.03. The molecule has 3 N–H and O–H groups in total. The molecule has 0 radical (unpaired) electrons. The van der Waals surface area contributed by atoms with Crippen LogP contribution in [-0.4, -0.2) is 49.4 Å². The van der Waals surface area contributed by atoms with Gasteiger partial charge in [-0.3, -0.25) is 14.4 Å². The van der Waals surface area contributed by atoms with E-state index in [1.165, 1.54) is 20.2 Å². The van der Waals surface area contributed by atoms with Crippen LogP contribution in [0.25, 0.3) is 0 Å². The Morgan fingerprint density at radius 3 is 2.64 bits per heavy atom. The first-order valence-electron chi connectivity index (χ1n) is 11.1. The van der Waals surface area contributed by atoms with Crippen molar-refractivity contribution in [3.05, 3.63) is 41.6 Å². The minimum Gasteiger partial charge on any atom is -0.494 e. The zero-order valence-corrected chi connectivity index (χ0v) is 18.8. The molecule has 174 valence electrons. The molecule has 1 aliphatic carbocycles. The number of para-hydroxylation sites is 1. The molecule has 1 aromatic heterocycles. The molecule has 1 aliphatic heterocycles. The molecule has 33 heavy (non-hydrogen) atoms. The summed E-state index contributed by atoms with van der Waals surface area (Å²) in [5.74, 6) is 0.534. The summed E-state index contributed by atoms with van der Waals surface area (Å²) in [6.45, 7) is 3.34. The van der Waals surface area contributed by atoms with Gasteiger partial charge in [-0.2, -0.15) is 0 Å². The molecule has 2 heterocycles. The second kappa shape index (κ2) is 9.99. The molecule has 2 amide bonds. The molecular weight excluding hydrogens is 424 g/mol. The minimum atomic E-state index is -0.249. The molecule has 1 saturated carbocycles. The smallest absolute Gasteiger partial charge is 0.255 e. The van der Waals surface area contributed by atoms with Crippen molar-refractivity contribution in [3.8, 4) is 5.75 Å². The summed E-state index contributed by atoms with van der Waals surface area (Å²) in [5, 5.41) is 8.92. The Kier molecular flexibility index (Phi) is 6.88. The molecule has 0 bridgehead atoms. The number of anilines is 3. The number of hydrogen-bond donors (Lipinski definition) is 3. The Hall–Kier alpha value is -3.46. The average molecular weight is 453 g/mol. The van der Waals surface area contributed by atoms with Gasteiger partial charge in [0.15, 0.2) is 11.5 Å². The first kappa shape index (κ1) is 22.7. The van der Waals surface area contributed by atoms with E-state index in [-0.39, 0.29) is 23.5 Å². The number of hydrogen-bond acceptors (Lipinski definition) is 7. The van der Waals surface area contributed by atoms with Gasteiger partial charge in [-0.15, -0.1) is 0 Å². The first-order chi connectivity index (χ1) is 16.0. The molecule has 2 aromatic rings. The molecule has 2 aliphatic rings. The second-order valence-electron chi connectivity index (χ2n) is 8.39. The van der Waals surface area contributed by atoms with E-state index in [9.17, 15) is 14.4 Å². The molecule has 1 saturated heterocycles. The summed E-state index contributed by atoms with van der Waals surface area (Å²) in [4.78, 5) is 41.3. The third-order valence-electron chi connectivity index (χ3n) is 5.79. The van der Waals surface area contributed by atoms with Crippen LogP contribution in [0.4, 0.5) is 17.2 Å². The topological polar surface area (TPSA) is 119 Å². The molecule has 9 heteroatoms. The summed E-state index contributed by atoms with van der Waals surface area (Å²) in [6, 6.07) is 6.80. The number of Topliss-reactive ketones (excluding diaryl/α,β-unsaturated/α-hetero) is 1. The molecule has 9 nitrogen and oxygen atoms in total. The van der Waals surface area contributed by atoms with Gasteiger partial charge in [0.2, 0.25) is 5.91 Å². The largest absolute Gasteiger partial charge is 0.494 e. The fourth-order valence-corrected chi connectivity index (χ4v) is 3.74. The Balaban J connectivity index is 1.57. The van der Waals surface area contributed by atoms with E-state index in [0.717, 1.165) is 25.9 Å². The highest BCUT2D eigenvalue weighted by atomic mass is 16.5. The molecule has 4 rings (SSSR count). The monoisotopic (exact) mass is 452 g/mol. The fourth-order valence-electron chi connectivity index (χ4n) is 3.74. The van der Waals surface area contributed by atoms with E-state index in [1.807, 2.05) is 0 Å². The lowest BCUT2D eigenvalue weighted by atomic mass is 10.1. The maximum Gasteiger partial charge on any atom is 0.255 e. The van der Waals surface area contributed by atoms with Crippen LogP contribution in [0.3, 0.4) is 0 Å². The lowest BCUT2D eigenvalue weighted by molar-refractivity contribution is -0.117. The van der Waals surface area contributed by atoms with Crippen molar-refractivity contribution in [1.29, 1.82) is 0 Å². The van der Waals surface area contributed by atoms with Crippen LogP contribution in [0.15, 0.2) is 30.5 Å². The number of benzene rings is 1. The van der Waals surface area contributed by atoms with Gasteiger partial charge in [0.1, 0.15) is 5.82 Å². The molecule has 1 atom stereocenters. The minimum absolute atomic E-state index is 0.0294. The van der Waals surface area contributed by atoms with Crippen LogP contribution < -0.4 is 20.7 Å². The van der Waals surface area contributed by atoms with Gasteiger partial charge in [0.25, 0.3) is 5.91 Å². The quantitative estimate of drug-likeness (QED) is 0.500. The van der Waals surface area contributed by atoms with Crippen molar-refractivity contribution in [2.75, 3.05) is 37.5 Å². The van der Waals surface area contributed by atoms with Crippen molar-refractivity contribution >= 4 is 34.8 Å². The number of carbonyl (C=O) groups excluding carboxylic acids is 3. The van der Waals surface area contributed by atoms with Gasteiger partial charge in [0.05, 0.1) is 36.2 Å². The number of carbonyl (C=O) groups is 3. The summed E-state index contributed by atoms with van der Waals surface area (Å²) in [7, 11) is 1.49. The van der Waals surface area contributed by atoms with Crippen LogP contribution in [0.1, 0.15) is 46.9 Å². The first-order valence-corrected chi connectivity index (χ1v) is 11.1. The molecule has 0 spiro atoms. The summed E-state index contributed by atoms with van der Waals surface area (Å²) in [5.41, 5.74) is 1.71. The number of ether oxygens (including phenoxy) is 2. The lowest BCUT2D eigenvalue weighted by Crippen LogP contribution is -2.29. The van der Waals surface area contributed by atoms with Crippen molar-refractivity contribution in [3.63, 3.8) is 0 Å². The number of aromatic nitrogens is 1. The van der Waals surface area contributed by atoms with Crippen molar-refractivity contribution in [1.82, 2.24) is 10.3 Å². The van der Waals surface area contributed by atoms with Gasteiger partial charge in [-0.1, -0.05) is 6.07 Å². The Morgan fingerprint density at radius 1 is 1.15 bits per heavy atom. The van der Waals surface area contributed by atoms with Crippen molar-refractivity contribution in [2.45, 2.75) is 26.2 Å². The van der Waals surface area contributed by atoms with E-state index < -0.39 is 0 Å². The van der Waals surface area contributed by atoms with Gasteiger partial charge in [-0.25, -0.2) is 4.98 Å². The van der Waals surface area contributed by atoms with Gasteiger partial charge in [-0.05, 0) is 38.3 Å². The van der Waals surface area contributed by atoms with Gasteiger partial charge in [0, 0.05) is 37.3 Å². The molecule has 2 fully saturated rings. The maximum atomic E-state index is 12.8. The molecule has 0 unspecified atom stereocenters. The predicted molar refractivity (Wildman–Crippen MR) is 123 cm³/mol. The number of amides is 2. The standard InChI is InChI=1S/C24H28N4O5/c1-14(29)18-12-25-21(28-23(30)16-6-7-16)10-20(18)27-19-5-3-4-17(22(19)32-2)24(31)26-11-15-8-9-33-13-15/h3-5,10,12,15-16H,6-9,11,13H2,1-2H3,(H,26,31)(H2,25,27,28,30)/t15-/m1/s1. The van der Waals surface area contributed by atoms with Crippen LogP contribution in [-0.2, 0) is 9.53 Å². The summed E-state index contributed by atoms with van der Waals surface area (Å²) >= 11 is 0. The van der Waals surface area contributed by atoms with Crippen LogP contribution >= 0.6 is 0 Å². The van der Waals surface area contributed by atoms with Crippen LogP contribution in [0, 0.1) is 11.8 Å². The maximum absolute atomic E-state index is 12.8. The van der Waals surface area contributed by atoms with E-state index in [0.29, 0.717) is 53.1 Å². The number of ketones is 1. The predicted octanol–water partition coefficient (Wildman–Crippen LogP) is 3.15. The van der Waals surface area contributed by atoms with Gasteiger partial charge < -0.3 is 25.4 Å². The third kappa shape index (κ3) is 5.48. The van der Waals surface area contributed by atoms with Crippen LogP contribution in [0.2, 0.25) is 0 Å². The number of nitrogens with zero attached hydrogens (tertiary/aromatic N) is 1. The Bertz CT molecular complexity index is 1060. The molecule has 1 aromatic carbocycles. The zero-order valence-electron chi connectivity index (χ0n) is 18.8. The second-order valence-corrected chi connectivity index (χ2v) is 8.39. The van der Waals surface area contributed by atoms with E-state index in [2.05, 4.69) is 20.9 Å². The van der Waals surface area contributed by atoms with E-state index in [1.54, 1.807) is 24.3 Å². The fraction of sp³-hybridized carbons (Fsp3) is 0.417. The zero-order chi connectivity index (χ0) is 23.4. The molecular formula is C24H28N4O5. The third-order valence-corrected chi connectivity index (χ3v) is 5.79. The number of nitrogens with one attached hydrogen (secondary N) is 3.